The molecule has 5 heteroatoms. The minimum Gasteiger partial charge on any atom is -0.496 e. The molecule has 2 aromatic carbocycles. The molecule has 0 saturated carbocycles. The van der Waals surface area contributed by atoms with E-state index in [1.54, 1.807) is 19.2 Å². The maximum absolute atomic E-state index is 12.7. The van der Waals surface area contributed by atoms with Crippen molar-refractivity contribution in [1.29, 1.82) is 0 Å². The molecule has 1 amide bonds. The smallest absolute Gasteiger partial charge is 0.253 e. The number of halogens is 1. The number of carbonyl (C=O) groups is 1. The van der Waals surface area contributed by atoms with Crippen molar-refractivity contribution in [3.05, 3.63) is 64.7 Å². The topological polar surface area (TPSA) is 41.6 Å². The first-order valence-corrected chi connectivity index (χ1v) is 10.5. The fraction of sp³-hybridized carbons (Fsp3) is 0.435. The third-order valence-electron chi connectivity index (χ3n) is 6.13. The molecule has 28 heavy (non-hydrogen) atoms. The quantitative estimate of drug-likeness (QED) is 0.796. The number of methoxy groups -OCH3 is 1. The molecule has 2 saturated heterocycles. The van der Waals surface area contributed by atoms with Crippen LogP contribution in [0.4, 0.5) is 0 Å². The molecular formula is C23H27ClN2O2. The molecule has 0 aromatic heterocycles. The van der Waals surface area contributed by atoms with E-state index in [4.69, 9.17) is 16.3 Å². The van der Waals surface area contributed by atoms with Crippen molar-refractivity contribution in [2.45, 2.75) is 56.8 Å². The van der Waals surface area contributed by atoms with Crippen LogP contribution in [0.3, 0.4) is 0 Å². The van der Waals surface area contributed by atoms with E-state index < -0.39 is 0 Å². The van der Waals surface area contributed by atoms with Crippen LogP contribution in [0.5, 0.6) is 5.75 Å². The molecule has 4 rings (SSSR count). The van der Waals surface area contributed by atoms with Gasteiger partial charge < -0.3 is 10.1 Å². The van der Waals surface area contributed by atoms with E-state index in [9.17, 15) is 4.79 Å². The Bertz CT molecular complexity index is 827. The summed E-state index contributed by atoms with van der Waals surface area (Å²) in [5.41, 5.74) is 1.80. The summed E-state index contributed by atoms with van der Waals surface area (Å²) in [5, 5.41) is 3.74. The molecule has 0 unspecified atom stereocenters. The fourth-order valence-corrected chi connectivity index (χ4v) is 5.01. The van der Waals surface area contributed by atoms with Crippen molar-refractivity contribution in [3.63, 3.8) is 0 Å². The van der Waals surface area contributed by atoms with E-state index in [2.05, 4.69) is 22.3 Å². The lowest BCUT2D eigenvalue weighted by Crippen LogP contribution is -2.56. The van der Waals surface area contributed by atoms with Gasteiger partial charge in [-0.25, -0.2) is 0 Å². The zero-order valence-corrected chi connectivity index (χ0v) is 17.0. The number of hydrogen-bond acceptors (Lipinski definition) is 3. The van der Waals surface area contributed by atoms with Crippen molar-refractivity contribution in [2.24, 2.45) is 0 Å². The molecule has 2 aliphatic heterocycles. The lowest BCUT2D eigenvalue weighted by Gasteiger charge is -2.49. The van der Waals surface area contributed by atoms with Gasteiger partial charge in [-0.15, -0.1) is 0 Å². The molecule has 2 bridgehead atoms. The van der Waals surface area contributed by atoms with E-state index in [0.717, 1.165) is 25.1 Å². The predicted octanol–water partition coefficient (Wildman–Crippen LogP) is 4.66. The van der Waals surface area contributed by atoms with Crippen molar-refractivity contribution >= 4 is 17.5 Å². The molecule has 148 valence electrons. The van der Waals surface area contributed by atoms with Crippen LogP contribution >= 0.6 is 11.6 Å². The molecular weight excluding hydrogens is 372 g/mol. The second-order valence-corrected chi connectivity index (χ2v) is 8.25. The second kappa shape index (κ2) is 8.54. The molecule has 2 aromatic rings. The number of rotatable bonds is 5. The molecule has 2 fully saturated rings. The lowest BCUT2D eigenvalue weighted by atomic mass is 9.81. The molecule has 0 spiro atoms. The lowest BCUT2D eigenvalue weighted by molar-refractivity contribution is 0.0172. The van der Waals surface area contributed by atoms with Crippen LogP contribution in [-0.2, 0) is 6.54 Å². The molecule has 1 N–H and O–H groups in total. The number of piperidine rings is 2. The van der Waals surface area contributed by atoms with Crippen LogP contribution in [0, 0.1) is 0 Å². The number of carbonyl (C=O) groups excluding carboxylic acids is 1. The number of nitrogens with zero attached hydrogens (tertiary/aromatic N) is 1. The van der Waals surface area contributed by atoms with Gasteiger partial charge in [0.15, 0.2) is 0 Å². The summed E-state index contributed by atoms with van der Waals surface area (Å²) < 4.78 is 5.55. The van der Waals surface area contributed by atoms with Crippen LogP contribution in [-0.4, -0.2) is 36.0 Å². The Balaban J connectivity index is 1.45. The number of nitrogens with one attached hydrogen (secondary N) is 1. The molecule has 4 nitrogen and oxygen atoms in total. The van der Waals surface area contributed by atoms with Gasteiger partial charge in [-0.05, 0) is 43.9 Å². The van der Waals surface area contributed by atoms with Crippen LogP contribution in [0.15, 0.2) is 48.5 Å². The summed E-state index contributed by atoms with van der Waals surface area (Å²) in [6.45, 7) is 0.907. The summed E-state index contributed by atoms with van der Waals surface area (Å²) in [7, 11) is 1.73. The molecule has 2 atom stereocenters. The van der Waals surface area contributed by atoms with E-state index in [-0.39, 0.29) is 11.9 Å². The zero-order chi connectivity index (χ0) is 19.5. The summed E-state index contributed by atoms with van der Waals surface area (Å²) in [6.07, 6.45) is 5.61. The number of ether oxygens (including phenoxy) is 1. The Labute approximate surface area is 171 Å². The first-order chi connectivity index (χ1) is 13.7. The van der Waals surface area contributed by atoms with E-state index in [0.29, 0.717) is 22.7 Å². The monoisotopic (exact) mass is 398 g/mol. The Morgan fingerprint density at radius 1 is 1.11 bits per heavy atom. The van der Waals surface area contributed by atoms with Gasteiger partial charge in [0, 0.05) is 30.2 Å². The van der Waals surface area contributed by atoms with Crippen LogP contribution < -0.4 is 10.1 Å². The third kappa shape index (κ3) is 4.03. The highest BCUT2D eigenvalue weighted by Gasteiger charge is 2.39. The molecule has 0 radical (unpaired) electrons. The van der Waals surface area contributed by atoms with Gasteiger partial charge in [-0.3, -0.25) is 9.69 Å². The van der Waals surface area contributed by atoms with Gasteiger partial charge in [0.05, 0.1) is 17.7 Å². The molecule has 0 aliphatic carbocycles. The van der Waals surface area contributed by atoms with Crippen molar-refractivity contribution in [3.8, 4) is 5.75 Å². The molecule has 2 heterocycles. The number of hydrogen-bond donors (Lipinski definition) is 1. The second-order valence-electron chi connectivity index (χ2n) is 7.84. The normalized spacial score (nSPS) is 24.6. The van der Waals surface area contributed by atoms with Gasteiger partial charge >= 0.3 is 0 Å². The highest BCUT2D eigenvalue weighted by molar-refractivity contribution is 6.33. The zero-order valence-electron chi connectivity index (χ0n) is 16.2. The van der Waals surface area contributed by atoms with Gasteiger partial charge in [0.2, 0.25) is 0 Å². The maximum Gasteiger partial charge on any atom is 0.253 e. The number of benzene rings is 2. The fourth-order valence-electron chi connectivity index (χ4n) is 4.79. The average molecular weight is 399 g/mol. The Hall–Kier alpha value is -2.04. The summed E-state index contributed by atoms with van der Waals surface area (Å²) in [5.74, 6) is 0.890. The van der Waals surface area contributed by atoms with Gasteiger partial charge in [-0.1, -0.05) is 48.4 Å². The summed E-state index contributed by atoms with van der Waals surface area (Å²) >= 11 is 6.19. The van der Waals surface area contributed by atoms with Gasteiger partial charge in [-0.2, -0.15) is 0 Å². The van der Waals surface area contributed by atoms with E-state index >= 15 is 0 Å². The largest absolute Gasteiger partial charge is 0.496 e. The highest BCUT2D eigenvalue weighted by Crippen LogP contribution is 2.36. The summed E-state index contributed by atoms with van der Waals surface area (Å²) in [4.78, 5) is 15.3. The number of fused-ring (bicyclic) bond motifs is 2. The van der Waals surface area contributed by atoms with Crippen molar-refractivity contribution in [2.75, 3.05) is 7.11 Å². The van der Waals surface area contributed by atoms with Crippen molar-refractivity contribution in [1.82, 2.24) is 10.2 Å². The van der Waals surface area contributed by atoms with Crippen LogP contribution in [0.1, 0.15) is 48.0 Å². The van der Waals surface area contributed by atoms with Crippen molar-refractivity contribution < 1.29 is 9.53 Å². The van der Waals surface area contributed by atoms with Crippen LogP contribution in [0.25, 0.3) is 0 Å². The predicted molar refractivity (Wildman–Crippen MR) is 112 cm³/mol. The number of para-hydroxylation sites is 1. The standard InChI is InChI=1S/C23H27ClN2O2/c1-28-22-12-5-2-7-16(22)15-26-18-8-6-9-19(26)14-17(13-18)25-23(27)20-10-3-4-11-21(20)24/h2-5,7,10-12,17-19H,6,8-9,13-15H2,1H3,(H,25,27)/t18-,19-/m0/s1. The Morgan fingerprint density at radius 3 is 2.50 bits per heavy atom. The Kier molecular flexibility index (Phi) is 5.88. The highest BCUT2D eigenvalue weighted by atomic mass is 35.5. The SMILES string of the molecule is COc1ccccc1CN1[C@H]2CCC[C@H]1CC(NC(=O)c1ccccc1Cl)C2. The van der Waals surface area contributed by atoms with Crippen LogP contribution in [0.2, 0.25) is 5.02 Å². The van der Waals surface area contributed by atoms with E-state index in [1.165, 1.54) is 24.8 Å². The maximum atomic E-state index is 12.7. The summed E-state index contributed by atoms with van der Waals surface area (Å²) in [6, 6.07) is 16.7. The van der Waals surface area contributed by atoms with Gasteiger partial charge in [0.1, 0.15) is 5.75 Å². The average Bonchev–Trinajstić information content (AvgIpc) is 2.69. The minimum absolute atomic E-state index is 0.0631. The first kappa shape index (κ1) is 19.3. The van der Waals surface area contributed by atoms with E-state index in [1.807, 2.05) is 24.3 Å². The first-order valence-electron chi connectivity index (χ1n) is 10.1. The molecule has 2 aliphatic rings. The third-order valence-corrected chi connectivity index (χ3v) is 6.45. The number of amides is 1. The Morgan fingerprint density at radius 2 is 1.79 bits per heavy atom. The van der Waals surface area contributed by atoms with Gasteiger partial charge in [0.25, 0.3) is 5.91 Å². The minimum atomic E-state index is -0.0631.